The first-order valence-corrected chi connectivity index (χ1v) is 11.1. The Hall–Kier alpha value is -3.71. The second kappa shape index (κ2) is 10.3. The molecule has 2 aromatic carbocycles. The minimum absolute atomic E-state index is 0.0959. The summed E-state index contributed by atoms with van der Waals surface area (Å²) in [6.07, 6.45) is 6.00. The fourth-order valence-electron chi connectivity index (χ4n) is 3.54. The number of anilines is 2. The van der Waals surface area contributed by atoms with Gasteiger partial charge in [-0.15, -0.1) is 0 Å². The monoisotopic (exact) mass is 443 g/mol. The third kappa shape index (κ3) is 6.63. The molecule has 0 atom stereocenters. The van der Waals surface area contributed by atoms with E-state index in [2.05, 4.69) is 20.8 Å². The number of nitrogens with zero attached hydrogens (tertiary/aromatic N) is 2. The number of hydrogen-bond acceptors (Lipinski definition) is 4. The summed E-state index contributed by atoms with van der Waals surface area (Å²) in [4.78, 5) is 26.5. The van der Waals surface area contributed by atoms with Gasteiger partial charge in [0.25, 0.3) is 0 Å². The molecule has 2 amide bonds. The maximum absolute atomic E-state index is 12.5. The average Bonchev–Trinajstić information content (AvgIpc) is 3.53. The Morgan fingerprint density at radius 2 is 1.85 bits per heavy atom. The molecule has 4 rings (SSSR count). The number of likely N-dealkylation sites (N-methyl/N-ethyl adjacent to an activating group) is 1. The van der Waals surface area contributed by atoms with Crippen molar-refractivity contribution in [2.75, 3.05) is 31.3 Å². The Kier molecular flexibility index (Phi) is 7.00. The maximum atomic E-state index is 12.5. The minimum Gasteiger partial charge on any atom is -0.323 e. The molecule has 1 aliphatic carbocycles. The molecule has 7 heteroatoms. The number of amides is 2. The molecule has 170 valence electrons. The van der Waals surface area contributed by atoms with Gasteiger partial charge in [0.1, 0.15) is 0 Å². The predicted octanol–water partition coefficient (Wildman–Crippen LogP) is 4.19. The van der Waals surface area contributed by atoms with Crippen LogP contribution in [-0.4, -0.2) is 47.6 Å². The van der Waals surface area contributed by atoms with Crippen LogP contribution in [0.2, 0.25) is 0 Å². The van der Waals surface area contributed by atoms with Crippen LogP contribution in [0.15, 0.2) is 66.7 Å². The van der Waals surface area contributed by atoms with Crippen molar-refractivity contribution in [2.24, 2.45) is 0 Å². The quantitative estimate of drug-likeness (QED) is 0.433. The molecule has 0 radical (unpaired) electrons. The summed E-state index contributed by atoms with van der Waals surface area (Å²) in [6, 6.07) is 17.5. The Balaban J connectivity index is 1.34. The summed E-state index contributed by atoms with van der Waals surface area (Å²) < 4.78 is 0. The number of benzene rings is 2. The van der Waals surface area contributed by atoms with E-state index in [1.807, 2.05) is 79.7 Å². The van der Waals surface area contributed by atoms with Gasteiger partial charge < -0.3 is 15.5 Å². The SMILES string of the molecule is CN(C)C/C=C/C(=O)Nc1ccc(-c2cccc(CC(=O)Nc3cc(C4CC4)[nH]n3)c2)cc1. The predicted molar refractivity (Wildman–Crippen MR) is 131 cm³/mol. The van der Waals surface area contributed by atoms with Crippen molar-refractivity contribution in [1.29, 1.82) is 0 Å². The molecule has 1 aromatic heterocycles. The van der Waals surface area contributed by atoms with E-state index < -0.39 is 0 Å². The Labute approximate surface area is 193 Å². The molecule has 0 aliphatic heterocycles. The molecule has 0 bridgehead atoms. The summed E-state index contributed by atoms with van der Waals surface area (Å²) >= 11 is 0. The van der Waals surface area contributed by atoms with Crippen molar-refractivity contribution in [3.63, 3.8) is 0 Å². The third-order valence-electron chi connectivity index (χ3n) is 5.40. The number of aromatic amines is 1. The van der Waals surface area contributed by atoms with Crippen LogP contribution < -0.4 is 10.6 Å². The van der Waals surface area contributed by atoms with Gasteiger partial charge in [0.15, 0.2) is 5.82 Å². The van der Waals surface area contributed by atoms with Gasteiger partial charge in [-0.1, -0.05) is 42.5 Å². The number of nitrogens with one attached hydrogen (secondary N) is 3. The maximum Gasteiger partial charge on any atom is 0.248 e. The zero-order chi connectivity index (χ0) is 23.2. The number of H-pyrrole nitrogens is 1. The lowest BCUT2D eigenvalue weighted by atomic mass is 10.0. The summed E-state index contributed by atoms with van der Waals surface area (Å²) in [5, 5.41) is 12.9. The molecule has 3 N–H and O–H groups in total. The van der Waals surface area contributed by atoms with E-state index in [-0.39, 0.29) is 18.2 Å². The topological polar surface area (TPSA) is 90.1 Å². The second-order valence-corrected chi connectivity index (χ2v) is 8.64. The van der Waals surface area contributed by atoms with Crippen molar-refractivity contribution in [1.82, 2.24) is 15.1 Å². The first-order chi connectivity index (χ1) is 16.0. The van der Waals surface area contributed by atoms with Crippen LogP contribution in [0.5, 0.6) is 0 Å². The highest BCUT2D eigenvalue weighted by Gasteiger charge is 2.25. The van der Waals surface area contributed by atoms with Gasteiger partial charge in [-0.3, -0.25) is 14.7 Å². The van der Waals surface area contributed by atoms with Gasteiger partial charge in [-0.2, -0.15) is 5.10 Å². The summed E-state index contributed by atoms with van der Waals surface area (Å²) in [5.74, 6) is 0.895. The smallest absolute Gasteiger partial charge is 0.248 e. The zero-order valence-electron chi connectivity index (χ0n) is 19.0. The molecule has 3 aromatic rings. The summed E-state index contributed by atoms with van der Waals surface area (Å²) in [5.41, 5.74) is 4.78. The molecule has 0 unspecified atom stereocenters. The number of carbonyl (C=O) groups excluding carboxylic acids is 2. The van der Waals surface area contributed by atoms with Crippen LogP contribution >= 0.6 is 0 Å². The van der Waals surface area contributed by atoms with E-state index in [0.717, 1.165) is 28.1 Å². The molecular weight excluding hydrogens is 414 g/mol. The van der Waals surface area contributed by atoms with Gasteiger partial charge in [0, 0.05) is 36.0 Å². The first kappa shape index (κ1) is 22.5. The highest BCUT2D eigenvalue weighted by atomic mass is 16.2. The number of carbonyl (C=O) groups is 2. The lowest BCUT2D eigenvalue weighted by molar-refractivity contribution is -0.115. The molecular formula is C26H29N5O2. The third-order valence-corrected chi connectivity index (χ3v) is 5.40. The van der Waals surface area contributed by atoms with Gasteiger partial charge in [0.05, 0.1) is 6.42 Å². The highest BCUT2D eigenvalue weighted by Crippen LogP contribution is 2.39. The van der Waals surface area contributed by atoms with Crippen LogP contribution in [0.25, 0.3) is 11.1 Å². The Morgan fingerprint density at radius 3 is 2.58 bits per heavy atom. The van der Waals surface area contributed by atoms with E-state index in [4.69, 9.17) is 0 Å². The number of aromatic nitrogens is 2. The molecule has 33 heavy (non-hydrogen) atoms. The number of hydrogen-bond donors (Lipinski definition) is 3. The second-order valence-electron chi connectivity index (χ2n) is 8.64. The standard InChI is InChI=1S/C26H29N5O2/c1-31(2)14-4-7-25(32)27-22-12-10-19(11-13-22)21-6-3-5-18(15-21)16-26(33)28-24-17-23(29-30-24)20-8-9-20/h3-7,10-13,15,17,20H,8-9,14,16H2,1-2H3,(H,27,32)(H2,28,29,30,33)/b7-4+. The number of rotatable bonds is 9. The van der Waals surface area contributed by atoms with E-state index in [1.165, 1.54) is 18.9 Å². The zero-order valence-corrected chi connectivity index (χ0v) is 19.0. The van der Waals surface area contributed by atoms with Gasteiger partial charge in [-0.25, -0.2) is 0 Å². The van der Waals surface area contributed by atoms with Crippen LogP contribution in [0, 0.1) is 0 Å². The minimum atomic E-state index is -0.154. The van der Waals surface area contributed by atoms with E-state index in [9.17, 15) is 9.59 Å². The first-order valence-electron chi connectivity index (χ1n) is 11.1. The van der Waals surface area contributed by atoms with Crippen LogP contribution in [0.3, 0.4) is 0 Å². The molecule has 1 saturated carbocycles. The van der Waals surface area contributed by atoms with Gasteiger partial charge in [-0.05, 0) is 55.8 Å². The molecule has 1 fully saturated rings. The van der Waals surface area contributed by atoms with Crippen molar-refractivity contribution < 1.29 is 9.59 Å². The van der Waals surface area contributed by atoms with E-state index >= 15 is 0 Å². The summed E-state index contributed by atoms with van der Waals surface area (Å²) in [7, 11) is 3.90. The van der Waals surface area contributed by atoms with Gasteiger partial charge >= 0.3 is 0 Å². The van der Waals surface area contributed by atoms with Crippen LogP contribution in [0.4, 0.5) is 11.5 Å². The molecule has 0 saturated heterocycles. The van der Waals surface area contributed by atoms with E-state index in [0.29, 0.717) is 18.3 Å². The van der Waals surface area contributed by atoms with E-state index in [1.54, 1.807) is 0 Å². The largest absolute Gasteiger partial charge is 0.323 e. The van der Waals surface area contributed by atoms with Crippen molar-refractivity contribution in [3.05, 3.63) is 78.0 Å². The lowest BCUT2D eigenvalue weighted by Crippen LogP contribution is -2.14. The molecule has 1 aliphatic rings. The van der Waals surface area contributed by atoms with Crippen LogP contribution in [0.1, 0.15) is 30.0 Å². The molecule has 1 heterocycles. The fourth-order valence-corrected chi connectivity index (χ4v) is 3.54. The Bertz CT molecular complexity index is 1140. The van der Waals surface area contributed by atoms with Crippen molar-refractivity contribution in [3.8, 4) is 11.1 Å². The Morgan fingerprint density at radius 1 is 1.06 bits per heavy atom. The van der Waals surface area contributed by atoms with Crippen LogP contribution in [-0.2, 0) is 16.0 Å². The van der Waals surface area contributed by atoms with Crippen molar-refractivity contribution in [2.45, 2.75) is 25.2 Å². The van der Waals surface area contributed by atoms with Gasteiger partial charge in [0.2, 0.25) is 11.8 Å². The molecule has 7 nitrogen and oxygen atoms in total. The normalized spacial score (nSPS) is 13.4. The fraction of sp³-hybridized carbons (Fsp3) is 0.269. The van der Waals surface area contributed by atoms with Crippen molar-refractivity contribution >= 4 is 23.3 Å². The lowest BCUT2D eigenvalue weighted by Gasteiger charge is -2.08. The molecule has 0 spiro atoms. The highest BCUT2D eigenvalue weighted by molar-refractivity contribution is 5.99. The summed E-state index contributed by atoms with van der Waals surface area (Å²) in [6.45, 7) is 0.712. The average molecular weight is 444 g/mol.